The topological polar surface area (TPSA) is 51.8 Å². The quantitative estimate of drug-likeness (QED) is 0.170. The molecule has 0 unspecified atom stereocenters. The van der Waals surface area contributed by atoms with E-state index in [2.05, 4.69) is 178 Å². The van der Waals surface area contributed by atoms with Crippen LogP contribution in [0.3, 0.4) is 0 Å². The first kappa shape index (κ1) is 33.9. The van der Waals surface area contributed by atoms with Gasteiger partial charge in [0.25, 0.3) is 0 Å². The van der Waals surface area contributed by atoms with Gasteiger partial charge in [-0.1, -0.05) is 178 Å². The van der Waals surface area contributed by atoms with Crippen LogP contribution in [0.25, 0.3) is 101 Å². The highest BCUT2D eigenvalue weighted by molar-refractivity contribution is 6.13. The molecule has 11 rings (SSSR count). The molecule has 0 saturated carbocycles. The van der Waals surface area contributed by atoms with Crippen molar-refractivity contribution >= 4 is 21.9 Å². The Morgan fingerprint density at radius 2 is 0.897 bits per heavy atom. The molecule has 0 aliphatic heterocycles. The maximum Gasteiger partial charge on any atom is 0.164 e. The van der Waals surface area contributed by atoms with E-state index in [0.717, 1.165) is 66.4 Å². The highest BCUT2D eigenvalue weighted by Crippen LogP contribution is 2.52. The lowest BCUT2D eigenvalue weighted by Gasteiger charge is -2.24. The van der Waals surface area contributed by atoms with Crippen molar-refractivity contribution in [2.75, 3.05) is 0 Å². The highest BCUT2D eigenvalue weighted by Gasteiger charge is 2.37. The Bertz CT molecular complexity index is 3180. The lowest BCUT2D eigenvalue weighted by Crippen LogP contribution is -2.16. The van der Waals surface area contributed by atoms with Crippen molar-refractivity contribution in [1.82, 2.24) is 15.0 Å². The average Bonchev–Trinajstić information content (AvgIpc) is 3.78. The molecule has 4 heteroatoms. The van der Waals surface area contributed by atoms with Gasteiger partial charge < -0.3 is 4.42 Å². The van der Waals surface area contributed by atoms with Crippen LogP contribution in [0.1, 0.15) is 25.0 Å². The molecule has 2 heterocycles. The minimum Gasteiger partial charge on any atom is -0.456 e. The van der Waals surface area contributed by atoms with E-state index in [1.165, 1.54) is 27.8 Å². The van der Waals surface area contributed by atoms with Crippen molar-refractivity contribution in [2.24, 2.45) is 0 Å². The van der Waals surface area contributed by atoms with Crippen molar-refractivity contribution in [1.29, 1.82) is 0 Å². The molecule has 1 aliphatic carbocycles. The maximum absolute atomic E-state index is 6.57. The third kappa shape index (κ3) is 5.56. The molecular formula is C54H37N3O. The molecule has 0 spiro atoms. The van der Waals surface area contributed by atoms with E-state index in [-0.39, 0.29) is 5.41 Å². The monoisotopic (exact) mass is 743 g/mol. The van der Waals surface area contributed by atoms with Gasteiger partial charge in [-0.2, -0.15) is 0 Å². The second kappa shape index (κ2) is 13.4. The number of hydrogen-bond donors (Lipinski definition) is 0. The van der Waals surface area contributed by atoms with Crippen LogP contribution in [0.5, 0.6) is 0 Å². The number of hydrogen-bond acceptors (Lipinski definition) is 4. The van der Waals surface area contributed by atoms with Gasteiger partial charge in [-0.15, -0.1) is 0 Å². The van der Waals surface area contributed by atoms with E-state index in [1.54, 1.807) is 0 Å². The van der Waals surface area contributed by atoms with Crippen LogP contribution >= 0.6 is 0 Å². The zero-order valence-electron chi connectivity index (χ0n) is 32.1. The second-order valence-electron chi connectivity index (χ2n) is 15.6. The number of nitrogens with zero attached hydrogens (tertiary/aromatic N) is 3. The van der Waals surface area contributed by atoms with Gasteiger partial charge in [-0.05, 0) is 79.9 Å². The van der Waals surface area contributed by atoms with Crippen LogP contribution in [-0.2, 0) is 5.41 Å². The summed E-state index contributed by atoms with van der Waals surface area (Å²) in [4.78, 5) is 15.6. The van der Waals surface area contributed by atoms with Crippen molar-refractivity contribution in [3.05, 3.63) is 199 Å². The fraction of sp³-hybridized carbons (Fsp3) is 0.0556. The molecule has 4 nitrogen and oxygen atoms in total. The molecule has 0 amide bonds. The molecular weight excluding hydrogens is 707 g/mol. The molecule has 8 aromatic carbocycles. The van der Waals surface area contributed by atoms with Gasteiger partial charge in [0, 0.05) is 32.9 Å². The number of furan rings is 1. The molecule has 0 bridgehead atoms. The van der Waals surface area contributed by atoms with Gasteiger partial charge >= 0.3 is 0 Å². The Balaban J connectivity index is 1.09. The van der Waals surface area contributed by atoms with E-state index in [4.69, 9.17) is 19.4 Å². The molecule has 58 heavy (non-hydrogen) atoms. The fourth-order valence-corrected chi connectivity index (χ4v) is 8.93. The zero-order chi connectivity index (χ0) is 38.8. The van der Waals surface area contributed by atoms with E-state index in [0.29, 0.717) is 17.5 Å². The van der Waals surface area contributed by atoms with Gasteiger partial charge in [0.1, 0.15) is 11.2 Å². The Morgan fingerprint density at radius 1 is 0.362 bits per heavy atom. The summed E-state index contributed by atoms with van der Waals surface area (Å²) in [6.07, 6.45) is 0. The Morgan fingerprint density at radius 3 is 1.69 bits per heavy atom. The van der Waals surface area contributed by atoms with E-state index in [9.17, 15) is 0 Å². The Hall–Kier alpha value is -7.43. The lowest BCUT2D eigenvalue weighted by atomic mass is 9.79. The summed E-state index contributed by atoms with van der Waals surface area (Å²) in [6.45, 7) is 4.68. The number of benzene rings is 8. The lowest BCUT2D eigenvalue weighted by molar-refractivity contribution is 0.662. The van der Waals surface area contributed by atoms with Gasteiger partial charge in [-0.3, -0.25) is 0 Å². The first-order valence-corrected chi connectivity index (χ1v) is 19.8. The second-order valence-corrected chi connectivity index (χ2v) is 15.6. The summed E-state index contributed by atoms with van der Waals surface area (Å²) in [7, 11) is 0. The minimum atomic E-state index is -0.143. The molecule has 2 aromatic heterocycles. The number of rotatable bonds is 6. The first-order chi connectivity index (χ1) is 28.5. The molecule has 274 valence electrons. The molecule has 0 radical (unpaired) electrons. The third-order valence-electron chi connectivity index (χ3n) is 11.7. The summed E-state index contributed by atoms with van der Waals surface area (Å²) in [5.74, 6) is 1.81. The summed E-state index contributed by atoms with van der Waals surface area (Å²) in [6, 6.07) is 66.0. The third-order valence-corrected chi connectivity index (χ3v) is 11.7. The van der Waals surface area contributed by atoms with Crippen molar-refractivity contribution in [3.8, 4) is 78.7 Å². The van der Waals surface area contributed by atoms with Gasteiger partial charge in [-0.25, -0.2) is 15.0 Å². The molecule has 10 aromatic rings. The molecule has 1 aliphatic rings. The molecule has 0 saturated heterocycles. The van der Waals surface area contributed by atoms with Crippen molar-refractivity contribution in [2.45, 2.75) is 19.3 Å². The minimum absolute atomic E-state index is 0.143. The van der Waals surface area contributed by atoms with Gasteiger partial charge in [0.2, 0.25) is 0 Å². The van der Waals surface area contributed by atoms with Gasteiger partial charge in [0.05, 0.1) is 0 Å². The largest absolute Gasteiger partial charge is 0.456 e. The summed E-state index contributed by atoms with van der Waals surface area (Å²) >= 11 is 0. The van der Waals surface area contributed by atoms with Crippen LogP contribution in [-0.4, -0.2) is 15.0 Å². The normalized spacial score (nSPS) is 12.8. The summed E-state index contributed by atoms with van der Waals surface area (Å²) in [5, 5.41) is 2.01. The smallest absolute Gasteiger partial charge is 0.164 e. The number of aromatic nitrogens is 3. The Labute approximate surface area is 337 Å². The van der Waals surface area contributed by atoms with Crippen LogP contribution < -0.4 is 0 Å². The average molecular weight is 744 g/mol. The molecule has 0 N–H and O–H groups in total. The van der Waals surface area contributed by atoms with Crippen molar-refractivity contribution in [3.63, 3.8) is 0 Å². The summed E-state index contributed by atoms with van der Waals surface area (Å²) < 4.78 is 6.57. The molecule has 0 fully saturated rings. The first-order valence-electron chi connectivity index (χ1n) is 19.8. The fourth-order valence-electron chi connectivity index (χ4n) is 8.93. The molecule has 0 atom stereocenters. The van der Waals surface area contributed by atoms with Crippen LogP contribution in [0, 0.1) is 0 Å². The predicted octanol–water partition coefficient (Wildman–Crippen LogP) is 14.1. The number of fused-ring (bicyclic) bond motifs is 6. The maximum atomic E-state index is 6.57. The van der Waals surface area contributed by atoms with E-state index in [1.807, 2.05) is 24.3 Å². The van der Waals surface area contributed by atoms with Crippen LogP contribution in [0.15, 0.2) is 192 Å². The van der Waals surface area contributed by atoms with Crippen LogP contribution in [0.4, 0.5) is 0 Å². The highest BCUT2D eigenvalue weighted by atomic mass is 16.3. The van der Waals surface area contributed by atoms with E-state index >= 15 is 0 Å². The SMILES string of the molecule is CC1(C)c2ccccc2-c2cccc(-c3ccc4oc5cccc(-c6nc(-c7ccc(-c8ccccc8)cc7)nc(-c7cccc(-c8ccccc8)c7)n6)c5c4c3)c21. The summed E-state index contributed by atoms with van der Waals surface area (Å²) in [5.41, 5.74) is 16.4. The zero-order valence-corrected chi connectivity index (χ0v) is 32.1. The van der Waals surface area contributed by atoms with Gasteiger partial charge in [0.15, 0.2) is 17.5 Å². The van der Waals surface area contributed by atoms with Crippen molar-refractivity contribution < 1.29 is 4.42 Å². The van der Waals surface area contributed by atoms with Crippen LogP contribution in [0.2, 0.25) is 0 Å². The standard InChI is InChI=1S/C54H37N3O/c1-54(2)46-24-10-9-20-42(46)43-22-12-21-41(50(43)54)39-30-31-47-45(33-39)49-44(23-13-25-48(49)58-47)53-56-51(37-28-26-36(27-29-37)34-14-5-3-6-15-34)55-52(57-53)40-19-11-18-38(32-40)35-16-7-4-8-17-35/h3-33H,1-2H3. The van der Waals surface area contributed by atoms with E-state index < -0.39 is 0 Å². The Kier molecular flexibility index (Phi) is 7.80. The predicted molar refractivity (Wildman–Crippen MR) is 237 cm³/mol.